The van der Waals surface area contributed by atoms with Gasteiger partial charge in [-0.1, -0.05) is 19.4 Å². The highest BCUT2D eigenvalue weighted by atomic mass is 16.5. The number of nitriles is 1. The van der Waals surface area contributed by atoms with Crippen LogP contribution in [-0.2, 0) is 6.42 Å². The topological polar surface area (TPSA) is 101 Å². The minimum Gasteiger partial charge on any atom is -0.420 e. The van der Waals surface area contributed by atoms with Crippen molar-refractivity contribution in [2.24, 2.45) is 5.73 Å². The molecule has 6 heteroatoms. The summed E-state index contributed by atoms with van der Waals surface area (Å²) in [5, 5.41) is 16.6. The van der Waals surface area contributed by atoms with Crippen molar-refractivity contribution in [1.29, 1.82) is 5.26 Å². The summed E-state index contributed by atoms with van der Waals surface area (Å²) in [6.45, 7) is 2.09. The van der Waals surface area contributed by atoms with Gasteiger partial charge in [-0.25, -0.2) is 0 Å². The van der Waals surface area contributed by atoms with Crippen LogP contribution in [0.15, 0.2) is 36.0 Å². The Kier molecular flexibility index (Phi) is 3.32. The maximum Gasteiger partial charge on any atom is 0.244 e. The summed E-state index contributed by atoms with van der Waals surface area (Å²) in [5.74, 6) is 0.268. The number of aromatic nitrogens is 3. The monoisotopic (exact) mass is 281 g/mol. The minimum atomic E-state index is -0.284. The number of pyridine rings is 1. The third-order valence-electron chi connectivity index (χ3n) is 3.54. The number of aryl methyl sites for hydroxylation is 1. The first-order valence-corrected chi connectivity index (χ1v) is 6.80. The maximum absolute atomic E-state index is 9.46. The molecular formula is C15H15N5O. The Morgan fingerprint density at radius 1 is 1.52 bits per heavy atom. The molecule has 3 rings (SSSR count). The molecule has 0 aromatic carbocycles. The van der Waals surface area contributed by atoms with Crippen LogP contribution in [0.3, 0.4) is 0 Å². The number of allylic oxidation sites excluding steroid dienone is 1. The molecule has 1 unspecified atom stereocenters. The Bertz CT molecular complexity index is 726. The summed E-state index contributed by atoms with van der Waals surface area (Å²) in [6, 6.07) is 5.94. The quantitative estimate of drug-likeness (QED) is 0.895. The van der Waals surface area contributed by atoms with Gasteiger partial charge in [-0.05, 0) is 18.1 Å². The summed E-state index contributed by atoms with van der Waals surface area (Å²) < 4.78 is 5.49. The van der Waals surface area contributed by atoms with E-state index in [1.165, 1.54) is 0 Å². The average molecular weight is 281 g/mol. The standard InChI is InChI=1S/C15H15N5O/c1-2-4-11-13-12(9-5-3-6-18-8-9)10(7-16)14(17)21-15(13)20-19-11/h3,5-6,8,12H,2,4,17H2,1H3,(H,19,20). The molecule has 0 saturated carbocycles. The Hall–Kier alpha value is -2.81. The largest absolute Gasteiger partial charge is 0.420 e. The van der Waals surface area contributed by atoms with Crippen LogP contribution in [0, 0.1) is 11.3 Å². The molecule has 1 aliphatic rings. The molecule has 21 heavy (non-hydrogen) atoms. The molecule has 6 nitrogen and oxygen atoms in total. The lowest BCUT2D eigenvalue weighted by Crippen LogP contribution is -2.21. The van der Waals surface area contributed by atoms with E-state index in [-0.39, 0.29) is 11.8 Å². The van der Waals surface area contributed by atoms with E-state index >= 15 is 0 Å². The van der Waals surface area contributed by atoms with E-state index in [2.05, 4.69) is 28.2 Å². The number of aromatic amines is 1. The normalized spacial score (nSPS) is 17.0. The van der Waals surface area contributed by atoms with Gasteiger partial charge in [-0.3, -0.25) is 10.1 Å². The number of hydrogen-bond donors (Lipinski definition) is 2. The van der Waals surface area contributed by atoms with Crippen molar-refractivity contribution in [2.75, 3.05) is 0 Å². The number of H-pyrrole nitrogens is 1. The number of nitrogens with one attached hydrogen (secondary N) is 1. The molecule has 0 amide bonds. The lowest BCUT2D eigenvalue weighted by atomic mass is 9.84. The zero-order valence-electron chi connectivity index (χ0n) is 11.6. The van der Waals surface area contributed by atoms with Gasteiger partial charge in [0.25, 0.3) is 0 Å². The summed E-state index contributed by atoms with van der Waals surface area (Å²) >= 11 is 0. The lowest BCUT2D eigenvalue weighted by molar-refractivity contribution is 0.378. The van der Waals surface area contributed by atoms with Gasteiger partial charge in [0.05, 0.1) is 11.5 Å². The van der Waals surface area contributed by atoms with Crippen molar-refractivity contribution in [3.05, 3.63) is 52.8 Å². The van der Waals surface area contributed by atoms with Crippen molar-refractivity contribution in [1.82, 2.24) is 15.2 Å². The molecule has 1 atom stereocenters. The van der Waals surface area contributed by atoms with Gasteiger partial charge in [0.15, 0.2) is 0 Å². The fraction of sp³-hybridized carbons (Fsp3) is 0.267. The average Bonchev–Trinajstić information content (AvgIpc) is 2.89. The summed E-state index contributed by atoms with van der Waals surface area (Å²) in [4.78, 5) is 4.14. The minimum absolute atomic E-state index is 0.105. The Morgan fingerprint density at radius 2 is 2.38 bits per heavy atom. The Labute approximate surface area is 122 Å². The van der Waals surface area contributed by atoms with Crippen molar-refractivity contribution < 1.29 is 4.74 Å². The Morgan fingerprint density at radius 3 is 3.05 bits per heavy atom. The van der Waals surface area contributed by atoms with Crippen LogP contribution >= 0.6 is 0 Å². The van der Waals surface area contributed by atoms with Crippen molar-refractivity contribution in [3.8, 4) is 11.9 Å². The molecule has 0 radical (unpaired) electrons. The van der Waals surface area contributed by atoms with E-state index in [0.29, 0.717) is 11.5 Å². The van der Waals surface area contributed by atoms with Crippen LogP contribution in [-0.4, -0.2) is 15.2 Å². The SMILES string of the molecule is CCCc1[nH]nc2c1C(c1cccnc1)C(C#N)=C(N)O2. The Balaban J connectivity index is 2.20. The molecule has 0 saturated heterocycles. The van der Waals surface area contributed by atoms with Crippen LogP contribution in [0.2, 0.25) is 0 Å². The van der Waals surface area contributed by atoms with Crippen molar-refractivity contribution in [2.45, 2.75) is 25.7 Å². The van der Waals surface area contributed by atoms with E-state index in [1.807, 2.05) is 12.1 Å². The van der Waals surface area contributed by atoms with Crippen molar-refractivity contribution >= 4 is 0 Å². The van der Waals surface area contributed by atoms with Gasteiger partial charge in [-0.2, -0.15) is 5.26 Å². The highest BCUT2D eigenvalue weighted by Crippen LogP contribution is 2.42. The molecule has 3 N–H and O–H groups in total. The summed E-state index contributed by atoms with van der Waals surface area (Å²) in [5.41, 5.74) is 9.03. The smallest absolute Gasteiger partial charge is 0.244 e. The molecule has 0 bridgehead atoms. The van der Waals surface area contributed by atoms with Gasteiger partial charge in [0.1, 0.15) is 11.6 Å². The molecule has 2 aromatic rings. The van der Waals surface area contributed by atoms with Gasteiger partial charge >= 0.3 is 0 Å². The third kappa shape index (κ3) is 2.13. The summed E-state index contributed by atoms with van der Waals surface area (Å²) in [6.07, 6.45) is 5.24. The summed E-state index contributed by atoms with van der Waals surface area (Å²) in [7, 11) is 0. The molecule has 0 spiro atoms. The zero-order chi connectivity index (χ0) is 14.8. The number of nitrogens with two attached hydrogens (primary N) is 1. The predicted octanol–water partition coefficient (Wildman–Crippen LogP) is 1.98. The van der Waals surface area contributed by atoms with Crippen molar-refractivity contribution in [3.63, 3.8) is 0 Å². The third-order valence-corrected chi connectivity index (χ3v) is 3.54. The fourth-order valence-corrected chi connectivity index (χ4v) is 2.63. The van der Waals surface area contributed by atoms with Crippen LogP contribution < -0.4 is 10.5 Å². The zero-order valence-corrected chi connectivity index (χ0v) is 11.6. The first kappa shape index (κ1) is 13.2. The van der Waals surface area contributed by atoms with E-state index in [4.69, 9.17) is 10.5 Å². The molecule has 1 aliphatic heterocycles. The predicted molar refractivity (Wildman–Crippen MR) is 76.1 cm³/mol. The molecule has 106 valence electrons. The first-order chi connectivity index (χ1) is 10.3. The lowest BCUT2D eigenvalue weighted by Gasteiger charge is -2.23. The highest BCUT2D eigenvalue weighted by Gasteiger charge is 2.34. The van der Waals surface area contributed by atoms with Crippen LogP contribution in [0.5, 0.6) is 5.88 Å². The van der Waals surface area contributed by atoms with Crippen LogP contribution in [0.4, 0.5) is 0 Å². The van der Waals surface area contributed by atoms with Gasteiger partial charge in [0, 0.05) is 18.1 Å². The molecule has 0 fully saturated rings. The van der Waals surface area contributed by atoms with E-state index < -0.39 is 0 Å². The van der Waals surface area contributed by atoms with E-state index in [0.717, 1.165) is 29.7 Å². The van der Waals surface area contributed by atoms with Crippen LogP contribution in [0.25, 0.3) is 0 Å². The second-order valence-corrected chi connectivity index (χ2v) is 4.88. The van der Waals surface area contributed by atoms with Gasteiger partial charge in [-0.15, -0.1) is 5.10 Å². The number of nitrogens with zero attached hydrogens (tertiary/aromatic N) is 3. The fourth-order valence-electron chi connectivity index (χ4n) is 2.63. The maximum atomic E-state index is 9.46. The highest BCUT2D eigenvalue weighted by molar-refractivity contribution is 5.54. The molecule has 2 aromatic heterocycles. The molecule has 3 heterocycles. The first-order valence-electron chi connectivity index (χ1n) is 6.80. The second-order valence-electron chi connectivity index (χ2n) is 4.88. The van der Waals surface area contributed by atoms with Gasteiger partial charge in [0.2, 0.25) is 11.8 Å². The second kappa shape index (κ2) is 5.29. The van der Waals surface area contributed by atoms with E-state index in [1.54, 1.807) is 12.4 Å². The number of ether oxygens (including phenoxy) is 1. The number of fused-ring (bicyclic) bond motifs is 1. The van der Waals surface area contributed by atoms with E-state index in [9.17, 15) is 5.26 Å². The molecule has 0 aliphatic carbocycles. The number of rotatable bonds is 3. The van der Waals surface area contributed by atoms with Crippen LogP contribution in [0.1, 0.15) is 36.1 Å². The number of hydrogen-bond acceptors (Lipinski definition) is 5. The van der Waals surface area contributed by atoms with Gasteiger partial charge < -0.3 is 10.5 Å². The molecular weight excluding hydrogens is 266 g/mol.